The molecule has 134 valence electrons. The van der Waals surface area contributed by atoms with Crippen LogP contribution < -0.4 is 20.4 Å². The Morgan fingerprint density at radius 1 is 0.455 bits per heavy atom. The third-order valence-electron chi connectivity index (χ3n) is 1.99. The van der Waals surface area contributed by atoms with Crippen molar-refractivity contribution in [3.63, 3.8) is 0 Å². The van der Waals surface area contributed by atoms with Crippen LogP contribution in [-0.2, 0) is 17.1 Å². The number of hydrogen-bond acceptors (Lipinski definition) is 4. The summed E-state index contributed by atoms with van der Waals surface area (Å²) >= 11 is 0. The second-order valence-electron chi connectivity index (χ2n) is 4.23. The van der Waals surface area contributed by atoms with Gasteiger partial charge in [-0.15, -0.1) is 26.4 Å². The fourth-order valence-electron chi connectivity index (χ4n) is 0.577. The molecule has 0 aromatic carbocycles. The van der Waals surface area contributed by atoms with Gasteiger partial charge in [0, 0.05) is 0 Å². The first-order chi connectivity index (χ1) is 9.66. The molecule has 0 amide bonds. The minimum atomic E-state index is 0. The van der Waals surface area contributed by atoms with Gasteiger partial charge >= 0.3 is 40.1 Å². The summed E-state index contributed by atoms with van der Waals surface area (Å²) < 4.78 is 0. The Morgan fingerprint density at radius 2 is 0.591 bits per heavy atom. The van der Waals surface area contributed by atoms with Gasteiger partial charge in [-0.1, -0.05) is 79.1 Å². The molecule has 0 N–H and O–H groups in total. The first-order valence-corrected chi connectivity index (χ1v) is 7.98. The van der Waals surface area contributed by atoms with Crippen LogP contribution in [0.3, 0.4) is 0 Å². The molecule has 0 bridgehead atoms. The molecule has 0 radical (unpaired) electrons. The first-order valence-electron chi connectivity index (χ1n) is 7.98. The quantitative estimate of drug-likeness (QED) is 0.569. The van der Waals surface area contributed by atoms with Crippen molar-refractivity contribution in [2.45, 2.75) is 79.1 Å². The van der Waals surface area contributed by atoms with E-state index in [2.05, 4.69) is 0 Å². The normalized spacial score (nSPS) is 7.64. The standard InChI is InChI=1S/4C4H9O.Fe.Mg/c4*1-2-3-4-5;;/h4*2-4H2,1H3;;/q4*-1;2*+2. The van der Waals surface area contributed by atoms with Crippen molar-refractivity contribution in [3.05, 3.63) is 0 Å². The molecule has 0 unspecified atom stereocenters. The van der Waals surface area contributed by atoms with E-state index < -0.39 is 0 Å². The fraction of sp³-hybridized carbons (Fsp3) is 1.00. The van der Waals surface area contributed by atoms with Gasteiger partial charge in [0.15, 0.2) is 0 Å². The van der Waals surface area contributed by atoms with E-state index in [1.807, 2.05) is 27.7 Å². The number of rotatable bonds is 8. The molecule has 0 spiro atoms. The van der Waals surface area contributed by atoms with Crippen molar-refractivity contribution >= 4 is 23.1 Å². The zero-order valence-corrected chi connectivity index (χ0v) is 17.7. The predicted molar refractivity (Wildman–Crippen MR) is 84.9 cm³/mol. The Hall–Kier alpha value is 1.13. The van der Waals surface area contributed by atoms with Crippen molar-refractivity contribution in [1.29, 1.82) is 0 Å². The molecule has 0 heterocycles. The van der Waals surface area contributed by atoms with Crippen molar-refractivity contribution in [2.24, 2.45) is 0 Å². The average Bonchev–Trinajstić information content (AvgIpc) is 2.44. The smallest absolute Gasteiger partial charge is 0.854 e. The van der Waals surface area contributed by atoms with E-state index in [0.29, 0.717) is 0 Å². The van der Waals surface area contributed by atoms with E-state index in [9.17, 15) is 20.4 Å². The maximum absolute atomic E-state index is 9.53. The summed E-state index contributed by atoms with van der Waals surface area (Å²) in [6.07, 6.45) is 7.46. The van der Waals surface area contributed by atoms with Crippen LogP contribution in [0.5, 0.6) is 0 Å². The molecule has 0 rings (SSSR count). The van der Waals surface area contributed by atoms with E-state index in [0.717, 1.165) is 51.4 Å². The Labute approximate surface area is 165 Å². The summed E-state index contributed by atoms with van der Waals surface area (Å²) in [6, 6.07) is 0. The molecule has 4 nitrogen and oxygen atoms in total. The second kappa shape index (κ2) is 57.3. The topological polar surface area (TPSA) is 92.2 Å². The molecule has 6 heteroatoms. The van der Waals surface area contributed by atoms with Crippen molar-refractivity contribution in [1.82, 2.24) is 0 Å². The van der Waals surface area contributed by atoms with Crippen LogP contribution in [0.15, 0.2) is 0 Å². The Kier molecular flexibility index (Phi) is 101. The predicted octanol–water partition coefficient (Wildman–Crippen LogP) is 0.204. The molecule has 0 fully saturated rings. The summed E-state index contributed by atoms with van der Waals surface area (Å²) in [6.45, 7) is 8.42. The van der Waals surface area contributed by atoms with E-state index in [1.54, 1.807) is 0 Å². The van der Waals surface area contributed by atoms with Gasteiger partial charge < -0.3 is 20.4 Å². The van der Waals surface area contributed by atoms with Crippen LogP contribution >= 0.6 is 0 Å². The summed E-state index contributed by atoms with van der Waals surface area (Å²) in [4.78, 5) is 0. The zero-order chi connectivity index (χ0) is 16.5. The van der Waals surface area contributed by atoms with Crippen molar-refractivity contribution < 1.29 is 37.5 Å². The molecule has 0 aromatic heterocycles. The summed E-state index contributed by atoms with van der Waals surface area (Å²) in [7, 11) is 0. The van der Waals surface area contributed by atoms with Crippen LogP contribution in [0.1, 0.15) is 79.1 Å². The third kappa shape index (κ3) is 103. The van der Waals surface area contributed by atoms with Crippen molar-refractivity contribution in [3.8, 4) is 0 Å². The van der Waals surface area contributed by atoms with Crippen LogP contribution in [0.25, 0.3) is 0 Å². The van der Waals surface area contributed by atoms with Gasteiger partial charge in [0.25, 0.3) is 0 Å². The van der Waals surface area contributed by atoms with Gasteiger partial charge in [0.05, 0.1) is 0 Å². The molecule has 0 aliphatic rings. The van der Waals surface area contributed by atoms with Gasteiger partial charge in [-0.3, -0.25) is 0 Å². The molecule has 0 atom stereocenters. The molecule has 22 heavy (non-hydrogen) atoms. The van der Waals surface area contributed by atoms with Gasteiger partial charge in [0.2, 0.25) is 0 Å². The van der Waals surface area contributed by atoms with Crippen LogP contribution in [0.4, 0.5) is 0 Å². The number of unbranched alkanes of at least 4 members (excludes halogenated alkanes) is 4. The van der Waals surface area contributed by atoms with Crippen LogP contribution in [0.2, 0.25) is 0 Å². The molecule has 0 aliphatic heterocycles. The molecule has 0 saturated carbocycles. The van der Waals surface area contributed by atoms with Crippen molar-refractivity contribution in [2.75, 3.05) is 26.4 Å². The van der Waals surface area contributed by atoms with Gasteiger partial charge in [-0.2, -0.15) is 0 Å². The minimum absolute atomic E-state index is 0. The second-order valence-corrected chi connectivity index (χ2v) is 4.23. The molecule has 0 aliphatic carbocycles. The fourth-order valence-corrected chi connectivity index (χ4v) is 0.577. The number of hydrogen-bond donors (Lipinski definition) is 0. The third-order valence-corrected chi connectivity index (χ3v) is 1.99. The maximum atomic E-state index is 9.53. The van der Waals surface area contributed by atoms with Gasteiger partial charge in [-0.25, -0.2) is 0 Å². The molecule has 0 aromatic rings. The zero-order valence-electron chi connectivity index (χ0n) is 15.2. The van der Waals surface area contributed by atoms with Gasteiger partial charge in [-0.05, 0) is 0 Å². The van der Waals surface area contributed by atoms with E-state index in [-0.39, 0.29) is 66.5 Å². The minimum Gasteiger partial charge on any atom is -0.854 e. The molecular weight excluding hydrogens is 336 g/mol. The van der Waals surface area contributed by atoms with Crippen LogP contribution in [-0.4, -0.2) is 49.5 Å². The Bertz CT molecular complexity index is 80.1. The largest absolute Gasteiger partial charge is 2.00 e. The first kappa shape index (κ1) is 38.6. The van der Waals surface area contributed by atoms with Gasteiger partial charge in [0.1, 0.15) is 0 Å². The summed E-state index contributed by atoms with van der Waals surface area (Å²) in [5.41, 5.74) is 0. The average molecular weight is 373 g/mol. The van der Waals surface area contributed by atoms with E-state index in [1.165, 1.54) is 0 Å². The Balaban J connectivity index is -0.0000000376. The molecular formula is C16H36FeMgO4. The monoisotopic (exact) mass is 372 g/mol. The van der Waals surface area contributed by atoms with Crippen LogP contribution in [0, 0.1) is 0 Å². The Morgan fingerprint density at radius 3 is 0.591 bits per heavy atom. The SMILES string of the molecule is CCCC[O-].CCCC[O-].CCCC[O-].CCCC[O-].[Fe+2].[Mg+2]. The van der Waals surface area contributed by atoms with E-state index >= 15 is 0 Å². The maximum Gasteiger partial charge on any atom is 2.00 e. The molecule has 0 saturated heterocycles. The van der Waals surface area contributed by atoms with E-state index in [4.69, 9.17) is 0 Å². The summed E-state index contributed by atoms with van der Waals surface area (Å²) in [5.74, 6) is 0. The summed E-state index contributed by atoms with van der Waals surface area (Å²) in [5, 5.41) is 38.1.